The van der Waals surface area contributed by atoms with Gasteiger partial charge in [0.05, 0.1) is 30.4 Å². The van der Waals surface area contributed by atoms with Gasteiger partial charge in [0.1, 0.15) is 17.2 Å². The second kappa shape index (κ2) is 8.74. The minimum absolute atomic E-state index is 0.149. The number of esters is 1. The van der Waals surface area contributed by atoms with Gasteiger partial charge in [0, 0.05) is 18.5 Å². The quantitative estimate of drug-likeness (QED) is 0.668. The Labute approximate surface area is 172 Å². The Hall–Kier alpha value is -2.73. The van der Waals surface area contributed by atoms with E-state index in [9.17, 15) is 14.4 Å². The zero-order chi connectivity index (χ0) is 21.1. The fraction of sp³-hybridized carbons (Fsp3) is 0.550. The van der Waals surface area contributed by atoms with Gasteiger partial charge in [-0.05, 0) is 38.7 Å². The fourth-order valence-electron chi connectivity index (χ4n) is 3.68. The maximum Gasteiger partial charge on any atom is 0.313 e. The molecule has 8 nitrogen and oxygen atoms in total. The number of aromatic nitrogens is 2. The molecule has 0 N–H and O–H groups in total. The third-order valence-electron chi connectivity index (χ3n) is 5.21. The van der Waals surface area contributed by atoms with E-state index in [0.29, 0.717) is 29.0 Å². The van der Waals surface area contributed by atoms with E-state index in [1.165, 1.54) is 20.8 Å². The van der Waals surface area contributed by atoms with Crippen LogP contribution in [0.4, 0.5) is 0 Å². The van der Waals surface area contributed by atoms with Crippen molar-refractivity contribution >= 4 is 33.4 Å². The van der Waals surface area contributed by atoms with Crippen LogP contribution in [-0.4, -0.2) is 46.5 Å². The summed E-state index contributed by atoms with van der Waals surface area (Å²) < 4.78 is 6.59. The number of amides is 1. The molecule has 2 heterocycles. The third kappa shape index (κ3) is 4.03. The first-order valence-electron chi connectivity index (χ1n) is 9.69. The van der Waals surface area contributed by atoms with Gasteiger partial charge in [-0.2, -0.15) is 5.26 Å². The van der Waals surface area contributed by atoms with Crippen LogP contribution >= 0.6 is 11.3 Å². The summed E-state index contributed by atoms with van der Waals surface area (Å²) in [6.07, 6.45) is 2.53. The topological polar surface area (TPSA) is 105 Å². The summed E-state index contributed by atoms with van der Waals surface area (Å²) in [7, 11) is 1.61. The predicted molar refractivity (Wildman–Crippen MR) is 109 cm³/mol. The van der Waals surface area contributed by atoms with Crippen molar-refractivity contribution in [1.82, 2.24) is 14.5 Å². The van der Waals surface area contributed by atoms with Crippen LogP contribution in [0.2, 0.25) is 0 Å². The molecule has 0 saturated heterocycles. The van der Waals surface area contributed by atoms with Gasteiger partial charge in [0.25, 0.3) is 5.56 Å². The Balaban J connectivity index is 2.05. The first-order chi connectivity index (χ1) is 13.9. The summed E-state index contributed by atoms with van der Waals surface area (Å²) in [4.78, 5) is 45.9. The van der Waals surface area contributed by atoms with Gasteiger partial charge in [0.2, 0.25) is 5.91 Å². The van der Waals surface area contributed by atoms with Crippen molar-refractivity contribution in [2.45, 2.75) is 52.0 Å². The van der Waals surface area contributed by atoms with Gasteiger partial charge >= 0.3 is 5.97 Å². The standard InChI is InChI=1S/C20H24N4O4S/c1-4-28-20(27)13-7-5-8-14-16(13)17-18(29-14)22-12(2)24(19(17)26)11-15(25)23(3)10-6-9-21/h13H,4-8,10-11H2,1-3H3. The molecule has 1 aliphatic carbocycles. The maximum atomic E-state index is 13.3. The van der Waals surface area contributed by atoms with Crippen LogP contribution < -0.4 is 5.56 Å². The molecule has 0 fully saturated rings. The largest absolute Gasteiger partial charge is 0.466 e. The van der Waals surface area contributed by atoms with Crippen LogP contribution in [0, 0.1) is 18.3 Å². The summed E-state index contributed by atoms with van der Waals surface area (Å²) in [6.45, 7) is 3.91. The lowest BCUT2D eigenvalue weighted by molar-refractivity contribution is -0.145. The Morgan fingerprint density at radius 2 is 2.21 bits per heavy atom. The number of nitrogens with zero attached hydrogens (tertiary/aromatic N) is 4. The van der Waals surface area contributed by atoms with Gasteiger partial charge in [-0.25, -0.2) is 4.98 Å². The average molecular weight is 417 g/mol. The highest BCUT2D eigenvalue weighted by Crippen LogP contribution is 2.41. The number of nitriles is 1. The third-order valence-corrected chi connectivity index (χ3v) is 6.37. The number of thiophene rings is 1. The minimum atomic E-state index is -0.466. The van der Waals surface area contributed by atoms with Crippen molar-refractivity contribution in [2.24, 2.45) is 0 Å². The second-order valence-corrected chi connectivity index (χ2v) is 8.17. The lowest BCUT2D eigenvalue weighted by atomic mass is 9.86. The van der Waals surface area contributed by atoms with Gasteiger partial charge in [-0.3, -0.25) is 19.0 Å². The van der Waals surface area contributed by atoms with Crippen LogP contribution in [0.1, 0.15) is 48.4 Å². The van der Waals surface area contributed by atoms with Crippen molar-refractivity contribution in [1.29, 1.82) is 5.26 Å². The van der Waals surface area contributed by atoms with Crippen LogP contribution in [0.3, 0.4) is 0 Å². The normalized spacial score (nSPS) is 15.6. The SMILES string of the molecule is CCOC(=O)C1CCCc2sc3nc(C)n(CC(=O)N(C)CCC#N)c(=O)c3c21. The molecule has 1 atom stereocenters. The molecule has 0 bridgehead atoms. The molecule has 0 saturated carbocycles. The molecule has 3 rings (SSSR count). The van der Waals surface area contributed by atoms with E-state index in [2.05, 4.69) is 4.98 Å². The Morgan fingerprint density at radius 3 is 2.90 bits per heavy atom. The highest BCUT2D eigenvalue weighted by molar-refractivity contribution is 7.18. The van der Waals surface area contributed by atoms with Gasteiger partial charge in [-0.15, -0.1) is 11.3 Å². The summed E-state index contributed by atoms with van der Waals surface area (Å²) in [5.74, 6) is -0.590. The van der Waals surface area contributed by atoms with Gasteiger partial charge < -0.3 is 9.64 Å². The number of aryl methyl sites for hydroxylation is 2. The van der Waals surface area contributed by atoms with Crippen molar-refractivity contribution in [3.63, 3.8) is 0 Å². The summed E-state index contributed by atoms with van der Waals surface area (Å²) in [5, 5.41) is 9.13. The number of carbonyl (C=O) groups excluding carboxylic acids is 2. The number of hydrogen-bond acceptors (Lipinski definition) is 7. The molecular weight excluding hydrogens is 392 g/mol. The number of likely N-dealkylation sites (N-methyl/N-ethyl adjacent to an activating group) is 1. The Morgan fingerprint density at radius 1 is 1.45 bits per heavy atom. The maximum absolute atomic E-state index is 13.3. The molecule has 9 heteroatoms. The first kappa shape index (κ1) is 21.0. The second-order valence-electron chi connectivity index (χ2n) is 7.09. The number of carbonyl (C=O) groups is 2. The van der Waals surface area contributed by atoms with Gasteiger partial charge in [-0.1, -0.05) is 0 Å². The monoisotopic (exact) mass is 416 g/mol. The van der Waals surface area contributed by atoms with Crippen LogP contribution in [0.25, 0.3) is 10.2 Å². The molecule has 2 aromatic rings. The number of rotatable bonds is 6. The predicted octanol–water partition coefficient (Wildman–Crippen LogP) is 2.12. The van der Waals surface area contributed by atoms with E-state index in [-0.39, 0.29) is 37.0 Å². The van der Waals surface area contributed by atoms with E-state index in [4.69, 9.17) is 10.00 Å². The van der Waals surface area contributed by atoms with E-state index in [1.807, 2.05) is 6.07 Å². The van der Waals surface area contributed by atoms with Crippen molar-refractivity contribution < 1.29 is 14.3 Å². The molecule has 1 aliphatic rings. The molecular formula is C20H24N4O4S. The molecule has 0 spiro atoms. The van der Waals surface area contributed by atoms with E-state index >= 15 is 0 Å². The number of ether oxygens (including phenoxy) is 1. The van der Waals surface area contributed by atoms with Crippen LogP contribution in [-0.2, 0) is 27.3 Å². The summed E-state index contributed by atoms with van der Waals surface area (Å²) >= 11 is 1.45. The zero-order valence-electron chi connectivity index (χ0n) is 16.9. The highest BCUT2D eigenvalue weighted by Gasteiger charge is 2.33. The Kier molecular flexibility index (Phi) is 6.33. The van der Waals surface area contributed by atoms with Gasteiger partial charge in [0.15, 0.2) is 0 Å². The molecule has 1 amide bonds. The lowest BCUT2D eigenvalue weighted by Crippen LogP contribution is -2.36. The van der Waals surface area contributed by atoms with E-state index < -0.39 is 5.92 Å². The average Bonchev–Trinajstić information content (AvgIpc) is 3.07. The van der Waals surface area contributed by atoms with Crippen LogP contribution in [0.15, 0.2) is 4.79 Å². The first-order valence-corrected chi connectivity index (χ1v) is 10.5. The number of hydrogen-bond donors (Lipinski definition) is 0. The van der Waals surface area contributed by atoms with E-state index in [1.54, 1.807) is 20.9 Å². The molecule has 1 unspecified atom stereocenters. The fourth-order valence-corrected chi connectivity index (χ4v) is 4.99. The summed E-state index contributed by atoms with van der Waals surface area (Å²) in [6, 6.07) is 2.00. The molecule has 0 aliphatic heterocycles. The highest BCUT2D eigenvalue weighted by atomic mass is 32.1. The minimum Gasteiger partial charge on any atom is -0.466 e. The summed E-state index contributed by atoms with van der Waals surface area (Å²) in [5.41, 5.74) is 0.425. The molecule has 29 heavy (non-hydrogen) atoms. The number of fused-ring (bicyclic) bond motifs is 3. The lowest BCUT2D eigenvalue weighted by Gasteiger charge is -2.21. The molecule has 0 radical (unpaired) electrons. The van der Waals surface area contributed by atoms with Crippen LogP contribution in [0.5, 0.6) is 0 Å². The zero-order valence-corrected chi connectivity index (χ0v) is 17.7. The van der Waals surface area contributed by atoms with Crippen molar-refractivity contribution in [3.8, 4) is 6.07 Å². The molecule has 0 aromatic carbocycles. The molecule has 2 aromatic heterocycles. The Bertz CT molecular complexity index is 1050. The van der Waals surface area contributed by atoms with E-state index in [0.717, 1.165) is 23.3 Å². The smallest absolute Gasteiger partial charge is 0.313 e. The van der Waals surface area contributed by atoms with Crippen molar-refractivity contribution in [3.05, 3.63) is 26.6 Å². The molecule has 154 valence electrons. The van der Waals surface area contributed by atoms with Crippen molar-refractivity contribution in [2.75, 3.05) is 20.2 Å².